The first-order valence-electron chi connectivity index (χ1n) is 9.17. The molecule has 0 bridgehead atoms. The Balaban J connectivity index is 1.75. The van der Waals surface area contributed by atoms with Gasteiger partial charge in [0.25, 0.3) is 5.91 Å². The van der Waals surface area contributed by atoms with Gasteiger partial charge in [0.1, 0.15) is 11.1 Å². The zero-order valence-electron chi connectivity index (χ0n) is 15.9. The SMILES string of the molecule is COc1cc(C#N)ccc1O[C@@H](C)C(=O)Nc1sc2c(c1C#N)CCCCC2. The van der Waals surface area contributed by atoms with Crippen molar-refractivity contribution in [3.05, 3.63) is 39.8 Å². The molecule has 28 heavy (non-hydrogen) atoms. The number of thiophene rings is 1. The molecule has 1 aliphatic carbocycles. The Kier molecular flexibility index (Phi) is 6.18. The summed E-state index contributed by atoms with van der Waals surface area (Å²) in [7, 11) is 1.48. The Morgan fingerprint density at radius 1 is 1.18 bits per heavy atom. The average Bonchev–Trinajstić information content (AvgIpc) is 2.86. The summed E-state index contributed by atoms with van der Waals surface area (Å²) in [5.74, 6) is 0.435. The minimum atomic E-state index is -0.796. The fourth-order valence-corrected chi connectivity index (χ4v) is 4.48. The number of amides is 1. The molecule has 1 aliphatic rings. The molecule has 144 valence electrons. The second-order valence-corrected chi connectivity index (χ2v) is 7.71. The van der Waals surface area contributed by atoms with Crippen LogP contribution in [-0.4, -0.2) is 19.1 Å². The van der Waals surface area contributed by atoms with E-state index in [0.717, 1.165) is 31.2 Å². The lowest BCUT2D eigenvalue weighted by atomic mass is 10.1. The number of fused-ring (bicyclic) bond motifs is 1. The molecule has 3 rings (SSSR count). The number of anilines is 1. The van der Waals surface area contributed by atoms with Crippen molar-refractivity contribution in [2.75, 3.05) is 12.4 Å². The van der Waals surface area contributed by atoms with E-state index >= 15 is 0 Å². The number of nitrogens with zero attached hydrogens (tertiary/aromatic N) is 2. The third-order valence-corrected chi connectivity index (χ3v) is 5.94. The Bertz CT molecular complexity index is 968. The minimum absolute atomic E-state index is 0.334. The van der Waals surface area contributed by atoms with E-state index in [1.54, 1.807) is 25.1 Å². The molecule has 1 aromatic carbocycles. The van der Waals surface area contributed by atoms with Gasteiger partial charge in [0.05, 0.1) is 24.3 Å². The molecule has 1 N–H and O–H groups in total. The lowest BCUT2D eigenvalue weighted by Crippen LogP contribution is -2.30. The number of benzene rings is 1. The first-order valence-corrected chi connectivity index (χ1v) is 9.99. The van der Waals surface area contributed by atoms with Gasteiger partial charge < -0.3 is 14.8 Å². The van der Waals surface area contributed by atoms with Crippen molar-refractivity contribution in [1.82, 2.24) is 0 Å². The fraction of sp³-hybridized carbons (Fsp3) is 0.381. The van der Waals surface area contributed by atoms with E-state index in [1.165, 1.54) is 29.7 Å². The number of rotatable bonds is 5. The van der Waals surface area contributed by atoms with E-state index in [-0.39, 0.29) is 5.91 Å². The van der Waals surface area contributed by atoms with Crippen molar-refractivity contribution in [3.8, 4) is 23.6 Å². The number of methoxy groups -OCH3 is 1. The van der Waals surface area contributed by atoms with Crippen molar-refractivity contribution in [3.63, 3.8) is 0 Å². The van der Waals surface area contributed by atoms with Gasteiger partial charge in [-0.05, 0) is 50.3 Å². The maximum atomic E-state index is 12.7. The highest BCUT2D eigenvalue weighted by atomic mass is 32.1. The highest BCUT2D eigenvalue weighted by Gasteiger charge is 2.24. The van der Waals surface area contributed by atoms with Gasteiger partial charge in [-0.15, -0.1) is 11.3 Å². The summed E-state index contributed by atoms with van der Waals surface area (Å²) in [6.45, 7) is 1.64. The Labute approximate surface area is 168 Å². The van der Waals surface area contributed by atoms with Crippen LogP contribution in [0.15, 0.2) is 18.2 Å². The first-order chi connectivity index (χ1) is 13.6. The summed E-state index contributed by atoms with van der Waals surface area (Å²) >= 11 is 1.49. The average molecular weight is 395 g/mol. The van der Waals surface area contributed by atoms with Crippen LogP contribution in [0.1, 0.15) is 47.8 Å². The number of ether oxygens (including phenoxy) is 2. The summed E-state index contributed by atoms with van der Waals surface area (Å²) in [5.41, 5.74) is 2.11. The molecule has 1 heterocycles. The molecular weight excluding hydrogens is 374 g/mol. The molecular formula is C21H21N3O3S. The highest BCUT2D eigenvalue weighted by Crippen LogP contribution is 2.37. The Morgan fingerprint density at radius 3 is 2.68 bits per heavy atom. The van der Waals surface area contributed by atoms with Crippen LogP contribution < -0.4 is 14.8 Å². The smallest absolute Gasteiger partial charge is 0.265 e. The number of hydrogen-bond donors (Lipinski definition) is 1. The molecule has 1 aromatic heterocycles. The van der Waals surface area contributed by atoms with Gasteiger partial charge in [0.2, 0.25) is 0 Å². The minimum Gasteiger partial charge on any atom is -0.493 e. The van der Waals surface area contributed by atoms with Crippen LogP contribution in [0, 0.1) is 22.7 Å². The molecule has 0 unspecified atom stereocenters. The second-order valence-electron chi connectivity index (χ2n) is 6.61. The van der Waals surface area contributed by atoms with Crippen LogP contribution in [-0.2, 0) is 17.6 Å². The zero-order chi connectivity index (χ0) is 20.1. The van der Waals surface area contributed by atoms with Crippen LogP contribution >= 0.6 is 11.3 Å². The van der Waals surface area contributed by atoms with Gasteiger partial charge in [-0.3, -0.25) is 4.79 Å². The van der Waals surface area contributed by atoms with Crippen LogP contribution in [0.25, 0.3) is 0 Å². The van der Waals surface area contributed by atoms with Gasteiger partial charge in [-0.2, -0.15) is 10.5 Å². The molecule has 0 saturated heterocycles. The summed E-state index contributed by atoms with van der Waals surface area (Å²) < 4.78 is 11.0. The third kappa shape index (κ3) is 4.11. The number of aryl methyl sites for hydroxylation is 1. The first kappa shape index (κ1) is 19.7. The number of hydrogen-bond acceptors (Lipinski definition) is 6. The predicted molar refractivity (Wildman–Crippen MR) is 107 cm³/mol. The number of carbonyl (C=O) groups excluding carboxylic acids is 1. The molecule has 6 nitrogen and oxygen atoms in total. The van der Waals surface area contributed by atoms with Gasteiger partial charge in [0, 0.05) is 10.9 Å². The lowest BCUT2D eigenvalue weighted by molar-refractivity contribution is -0.122. The summed E-state index contributed by atoms with van der Waals surface area (Å²) in [6, 6.07) is 9.06. The summed E-state index contributed by atoms with van der Waals surface area (Å²) in [5, 5.41) is 22.0. The molecule has 0 saturated carbocycles. The topological polar surface area (TPSA) is 95.1 Å². The van der Waals surface area contributed by atoms with E-state index in [1.807, 2.05) is 6.07 Å². The molecule has 0 fully saturated rings. The van der Waals surface area contributed by atoms with Crippen molar-refractivity contribution in [1.29, 1.82) is 10.5 Å². The molecule has 0 spiro atoms. The number of carbonyl (C=O) groups is 1. The van der Waals surface area contributed by atoms with Crippen molar-refractivity contribution in [2.45, 2.75) is 45.1 Å². The maximum Gasteiger partial charge on any atom is 0.265 e. The zero-order valence-corrected chi connectivity index (χ0v) is 16.7. The molecule has 1 amide bonds. The molecule has 0 radical (unpaired) electrons. The fourth-order valence-electron chi connectivity index (χ4n) is 3.24. The van der Waals surface area contributed by atoms with Gasteiger partial charge in [-0.25, -0.2) is 0 Å². The number of nitrogens with one attached hydrogen (secondary N) is 1. The van der Waals surface area contributed by atoms with Crippen LogP contribution in [0.5, 0.6) is 11.5 Å². The number of nitriles is 2. The molecule has 0 aliphatic heterocycles. The Morgan fingerprint density at radius 2 is 1.96 bits per heavy atom. The van der Waals surface area contributed by atoms with E-state index in [9.17, 15) is 10.1 Å². The predicted octanol–water partition coefficient (Wildman–Crippen LogP) is 4.17. The van der Waals surface area contributed by atoms with E-state index in [2.05, 4.69) is 11.4 Å². The van der Waals surface area contributed by atoms with E-state index in [4.69, 9.17) is 14.7 Å². The van der Waals surface area contributed by atoms with Crippen LogP contribution in [0.2, 0.25) is 0 Å². The second kappa shape index (κ2) is 8.77. The van der Waals surface area contributed by atoms with Gasteiger partial charge in [-0.1, -0.05) is 6.42 Å². The van der Waals surface area contributed by atoms with E-state index < -0.39 is 6.10 Å². The largest absolute Gasteiger partial charge is 0.493 e. The molecule has 2 aromatic rings. The normalized spacial score (nSPS) is 14.0. The quantitative estimate of drug-likeness (QED) is 0.767. The molecule has 7 heteroatoms. The summed E-state index contributed by atoms with van der Waals surface area (Å²) in [6.07, 6.45) is 4.41. The Hall–Kier alpha value is -3.03. The van der Waals surface area contributed by atoms with E-state index in [0.29, 0.717) is 27.6 Å². The van der Waals surface area contributed by atoms with Gasteiger partial charge in [0.15, 0.2) is 17.6 Å². The molecule has 1 atom stereocenters. The van der Waals surface area contributed by atoms with Gasteiger partial charge >= 0.3 is 0 Å². The van der Waals surface area contributed by atoms with Crippen LogP contribution in [0.4, 0.5) is 5.00 Å². The standard InChI is InChI=1S/C21H21N3O3S/c1-13(27-17-9-8-14(11-22)10-18(17)26-2)20(25)24-21-16(12-23)15-6-4-3-5-7-19(15)28-21/h8-10,13H,3-7H2,1-2H3,(H,24,25)/t13-/m0/s1. The van der Waals surface area contributed by atoms with Crippen molar-refractivity contribution < 1.29 is 14.3 Å². The summed E-state index contributed by atoms with van der Waals surface area (Å²) in [4.78, 5) is 13.9. The maximum absolute atomic E-state index is 12.7. The highest BCUT2D eigenvalue weighted by molar-refractivity contribution is 7.16. The monoisotopic (exact) mass is 395 g/mol. The lowest BCUT2D eigenvalue weighted by Gasteiger charge is -2.16. The van der Waals surface area contributed by atoms with Crippen LogP contribution in [0.3, 0.4) is 0 Å². The third-order valence-electron chi connectivity index (χ3n) is 4.74. The van der Waals surface area contributed by atoms with Crippen molar-refractivity contribution >= 4 is 22.2 Å². The van der Waals surface area contributed by atoms with Crippen molar-refractivity contribution in [2.24, 2.45) is 0 Å².